The summed E-state index contributed by atoms with van der Waals surface area (Å²) < 4.78 is 28.6. The minimum absolute atomic E-state index is 0.327. The normalized spacial score (nSPS) is 24.8. The smallest absolute Gasteiger partial charge is 0.175 e. The molecule has 4 heteroatoms. The molecule has 1 heterocycles. The predicted octanol–water partition coefficient (Wildman–Crippen LogP) is 2.76. The summed E-state index contributed by atoms with van der Waals surface area (Å²) in [5, 5.41) is 0. The second-order valence-electron chi connectivity index (χ2n) is 5.10. The molecular formula is C14H20O3S. The van der Waals surface area contributed by atoms with E-state index in [0.29, 0.717) is 23.0 Å². The molecule has 0 saturated carbocycles. The summed E-state index contributed by atoms with van der Waals surface area (Å²) in [6.45, 7) is 4.25. The third-order valence-electron chi connectivity index (χ3n) is 3.53. The van der Waals surface area contributed by atoms with Gasteiger partial charge < -0.3 is 4.74 Å². The van der Waals surface area contributed by atoms with Crippen LogP contribution >= 0.6 is 0 Å². The predicted molar refractivity (Wildman–Crippen MR) is 71.5 cm³/mol. The minimum atomic E-state index is -3.12. The van der Waals surface area contributed by atoms with E-state index >= 15 is 0 Å². The summed E-state index contributed by atoms with van der Waals surface area (Å²) in [6.07, 6.45) is 4.03. The standard InChI is InChI=1S/C14H20O3S/c1-4-13-14(17-13)8-10(2)11-6-5-7-12(9-11)18(3,15)16/h5-7,9-10,13-14H,4,8H2,1-3H3. The monoisotopic (exact) mass is 268 g/mol. The van der Waals surface area contributed by atoms with Gasteiger partial charge >= 0.3 is 0 Å². The lowest BCUT2D eigenvalue weighted by Crippen LogP contribution is -2.03. The molecule has 1 fully saturated rings. The minimum Gasteiger partial charge on any atom is -0.370 e. The Morgan fingerprint density at radius 1 is 1.33 bits per heavy atom. The fourth-order valence-electron chi connectivity index (χ4n) is 2.28. The summed E-state index contributed by atoms with van der Waals surface area (Å²) in [6, 6.07) is 7.23. The van der Waals surface area contributed by atoms with E-state index in [0.717, 1.165) is 18.4 Å². The van der Waals surface area contributed by atoms with Gasteiger partial charge in [0, 0.05) is 6.26 Å². The number of hydrogen-bond acceptors (Lipinski definition) is 3. The lowest BCUT2D eigenvalue weighted by molar-refractivity contribution is 0.353. The molecule has 0 bridgehead atoms. The average molecular weight is 268 g/mol. The van der Waals surface area contributed by atoms with E-state index in [-0.39, 0.29) is 0 Å². The van der Waals surface area contributed by atoms with Crippen LogP contribution in [0.5, 0.6) is 0 Å². The average Bonchev–Trinajstić information content (AvgIpc) is 3.06. The van der Waals surface area contributed by atoms with Crippen molar-refractivity contribution in [2.45, 2.75) is 49.7 Å². The molecular weight excluding hydrogens is 248 g/mol. The van der Waals surface area contributed by atoms with E-state index in [2.05, 4.69) is 13.8 Å². The Labute approximate surface area is 109 Å². The molecule has 0 N–H and O–H groups in total. The largest absolute Gasteiger partial charge is 0.370 e. The molecule has 100 valence electrons. The van der Waals surface area contributed by atoms with Crippen molar-refractivity contribution in [1.29, 1.82) is 0 Å². The number of rotatable bonds is 5. The number of epoxide rings is 1. The molecule has 2 rings (SSSR count). The van der Waals surface area contributed by atoms with Gasteiger partial charge in [-0.05, 0) is 36.5 Å². The van der Waals surface area contributed by atoms with Crippen LogP contribution in [-0.4, -0.2) is 26.9 Å². The van der Waals surface area contributed by atoms with Crippen molar-refractivity contribution in [3.8, 4) is 0 Å². The van der Waals surface area contributed by atoms with Crippen molar-refractivity contribution >= 4 is 9.84 Å². The summed E-state index contributed by atoms with van der Waals surface area (Å²) in [5.74, 6) is 0.327. The summed E-state index contributed by atoms with van der Waals surface area (Å²) in [5.41, 5.74) is 1.07. The molecule has 3 unspecified atom stereocenters. The van der Waals surface area contributed by atoms with E-state index in [4.69, 9.17) is 4.74 Å². The van der Waals surface area contributed by atoms with Crippen LogP contribution in [0.4, 0.5) is 0 Å². The van der Waals surface area contributed by atoms with E-state index in [1.54, 1.807) is 12.1 Å². The van der Waals surface area contributed by atoms with Gasteiger partial charge in [-0.3, -0.25) is 0 Å². The fraction of sp³-hybridized carbons (Fsp3) is 0.571. The van der Waals surface area contributed by atoms with Crippen LogP contribution in [0, 0.1) is 0 Å². The Morgan fingerprint density at radius 2 is 2.06 bits per heavy atom. The summed E-state index contributed by atoms with van der Waals surface area (Å²) in [7, 11) is -3.12. The maximum atomic E-state index is 11.5. The first-order chi connectivity index (χ1) is 8.41. The van der Waals surface area contributed by atoms with Crippen LogP contribution in [0.2, 0.25) is 0 Å². The van der Waals surface area contributed by atoms with E-state index in [1.807, 2.05) is 12.1 Å². The van der Waals surface area contributed by atoms with Gasteiger partial charge in [0.25, 0.3) is 0 Å². The van der Waals surface area contributed by atoms with Gasteiger partial charge in [-0.25, -0.2) is 8.42 Å². The van der Waals surface area contributed by atoms with Gasteiger partial charge in [-0.1, -0.05) is 26.0 Å². The lowest BCUT2D eigenvalue weighted by Gasteiger charge is -2.11. The highest BCUT2D eigenvalue weighted by atomic mass is 32.2. The third-order valence-corrected chi connectivity index (χ3v) is 4.64. The highest BCUT2D eigenvalue weighted by Gasteiger charge is 2.37. The molecule has 1 aromatic carbocycles. The molecule has 18 heavy (non-hydrogen) atoms. The molecule has 0 aliphatic carbocycles. The van der Waals surface area contributed by atoms with Crippen molar-refractivity contribution in [3.63, 3.8) is 0 Å². The Bertz CT molecular complexity index is 522. The van der Waals surface area contributed by atoms with E-state index in [1.165, 1.54) is 6.26 Å². The van der Waals surface area contributed by atoms with Gasteiger partial charge in [0.05, 0.1) is 17.1 Å². The quantitative estimate of drug-likeness (QED) is 0.771. The molecule has 0 amide bonds. The van der Waals surface area contributed by atoms with E-state index in [9.17, 15) is 8.42 Å². The van der Waals surface area contributed by atoms with Crippen LogP contribution in [0.3, 0.4) is 0 Å². The molecule has 3 nitrogen and oxygen atoms in total. The highest BCUT2D eigenvalue weighted by molar-refractivity contribution is 7.90. The second-order valence-corrected chi connectivity index (χ2v) is 7.12. The zero-order valence-corrected chi connectivity index (χ0v) is 11.9. The molecule has 3 atom stereocenters. The number of benzene rings is 1. The van der Waals surface area contributed by atoms with Crippen LogP contribution in [0.1, 0.15) is 38.2 Å². The molecule has 1 aliphatic rings. The Kier molecular flexibility index (Phi) is 3.78. The first-order valence-electron chi connectivity index (χ1n) is 6.37. The first kappa shape index (κ1) is 13.6. The fourth-order valence-corrected chi connectivity index (χ4v) is 2.96. The molecule has 0 spiro atoms. The maximum Gasteiger partial charge on any atom is 0.175 e. The van der Waals surface area contributed by atoms with Crippen molar-refractivity contribution in [1.82, 2.24) is 0 Å². The van der Waals surface area contributed by atoms with Crippen molar-refractivity contribution < 1.29 is 13.2 Å². The molecule has 1 aromatic rings. The molecule has 0 aromatic heterocycles. The topological polar surface area (TPSA) is 46.7 Å². The van der Waals surface area contributed by atoms with Crippen LogP contribution in [0.15, 0.2) is 29.2 Å². The van der Waals surface area contributed by atoms with Crippen LogP contribution < -0.4 is 0 Å². The number of hydrogen-bond donors (Lipinski definition) is 0. The molecule has 1 saturated heterocycles. The lowest BCUT2D eigenvalue weighted by atomic mass is 9.95. The van der Waals surface area contributed by atoms with E-state index < -0.39 is 9.84 Å². The third kappa shape index (κ3) is 3.12. The Hall–Kier alpha value is -0.870. The van der Waals surface area contributed by atoms with Crippen molar-refractivity contribution in [3.05, 3.63) is 29.8 Å². The highest BCUT2D eigenvalue weighted by Crippen LogP contribution is 2.34. The Morgan fingerprint density at radius 3 is 2.61 bits per heavy atom. The maximum absolute atomic E-state index is 11.5. The zero-order valence-electron chi connectivity index (χ0n) is 11.1. The van der Waals surface area contributed by atoms with Gasteiger partial charge in [0.15, 0.2) is 9.84 Å². The zero-order chi connectivity index (χ0) is 13.3. The first-order valence-corrected chi connectivity index (χ1v) is 8.26. The van der Waals surface area contributed by atoms with Gasteiger partial charge in [-0.2, -0.15) is 0 Å². The number of sulfone groups is 1. The van der Waals surface area contributed by atoms with Crippen molar-refractivity contribution in [2.75, 3.05) is 6.26 Å². The number of ether oxygens (including phenoxy) is 1. The summed E-state index contributed by atoms with van der Waals surface area (Å²) >= 11 is 0. The van der Waals surface area contributed by atoms with Crippen LogP contribution in [-0.2, 0) is 14.6 Å². The van der Waals surface area contributed by atoms with Gasteiger partial charge in [-0.15, -0.1) is 0 Å². The Balaban J connectivity index is 2.09. The molecule has 0 radical (unpaired) electrons. The summed E-state index contributed by atoms with van der Waals surface area (Å²) in [4.78, 5) is 0.399. The SMILES string of the molecule is CCC1OC1CC(C)c1cccc(S(C)(=O)=O)c1. The second kappa shape index (κ2) is 5.02. The molecule has 1 aliphatic heterocycles. The van der Waals surface area contributed by atoms with Gasteiger partial charge in [0.1, 0.15) is 0 Å². The van der Waals surface area contributed by atoms with Crippen LogP contribution in [0.25, 0.3) is 0 Å². The van der Waals surface area contributed by atoms with Crippen molar-refractivity contribution in [2.24, 2.45) is 0 Å². The van der Waals surface area contributed by atoms with Gasteiger partial charge in [0.2, 0.25) is 0 Å².